The van der Waals surface area contributed by atoms with E-state index in [0.717, 1.165) is 19.3 Å². The summed E-state index contributed by atoms with van der Waals surface area (Å²) in [5.41, 5.74) is 5.33. The summed E-state index contributed by atoms with van der Waals surface area (Å²) in [4.78, 5) is 0.0506. The highest BCUT2D eigenvalue weighted by atomic mass is 32.2. The lowest BCUT2D eigenvalue weighted by Gasteiger charge is -2.20. The third kappa shape index (κ3) is 4.52. The molecule has 1 rings (SSSR count). The number of nitrogens with zero attached hydrogens (tertiary/aromatic N) is 1. The van der Waals surface area contributed by atoms with Crippen molar-refractivity contribution in [1.82, 2.24) is 4.31 Å². The minimum Gasteiger partial charge on any atom is -0.392 e. The number of thiocarbonyl (C=S) groups is 1. The number of sulfonamides is 1. The highest BCUT2D eigenvalue weighted by molar-refractivity contribution is 7.92. The van der Waals surface area contributed by atoms with E-state index in [0.29, 0.717) is 24.9 Å². The van der Waals surface area contributed by atoms with Gasteiger partial charge in [0, 0.05) is 13.1 Å². The SMILES string of the molecule is CC(C)C1CCCN(S(=O)(=O)CC(N)=S)CC1. The van der Waals surface area contributed by atoms with E-state index in [1.165, 1.54) is 0 Å². The van der Waals surface area contributed by atoms with Crippen molar-refractivity contribution < 1.29 is 8.42 Å². The summed E-state index contributed by atoms with van der Waals surface area (Å²) >= 11 is 4.68. The van der Waals surface area contributed by atoms with Crippen molar-refractivity contribution in [2.45, 2.75) is 33.1 Å². The molecule has 17 heavy (non-hydrogen) atoms. The van der Waals surface area contributed by atoms with E-state index in [1.54, 1.807) is 4.31 Å². The van der Waals surface area contributed by atoms with Gasteiger partial charge in [0.15, 0.2) is 0 Å². The minimum atomic E-state index is -3.29. The van der Waals surface area contributed by atoms with Crippen LogP contribution in [0.1, 0.15) is 33.1 Å². The first-order valence-electron chi connectivity index (χ1n) is 6.09. The van der Waals surface area contributed by atoms with Crippen molar-refractivity contribution in [3.63, 3.8) is 0 Å². The predicted octanol–water partition coefficient (Wildman–Crippen LogP) is 1.36. The molecule has 1 heterocycles. The number of nitrogens with two attached hydrogens (primary N) is 1. The van der Waals surface area contributed by atoms with Crippen molar-refractivity contribution in [2.75, 3.05) is 18.8 Å². The van der Waals surface area contributed by atoms with E-state index in [9.17, 15) is 8.42 Å². The van der Waals surface area contributed by atoms with Crippen molar-refractivity contribution in [3.05, 3.63) is 0 Å². The normalized spacial score (nSPS) is 23.6. The van der Waals surface area contributed by atoms with Gasteiger partial charge in [0.1, 0.15) is 5.75 Å². The Balaban J connectivity index is 2.65. The molecule has 0 aromatic carbocycles. The second-order valence-electron chi connectivity index (χ2n) is 5.06. The van der Waals surface area contributed by atoms with E-state index < -0.39 is 10.0 Å². The summed E-state index contributed by atoms with van der Waals surface area (Å²) in [6.45, 7) is 5.61. The van der Waals surface area contributed by atoms with Crippen LogP contribution in [0.4, 0.5) is 0 Å². The zero-order chi connectivity index (χ0) is 13.1. The van der Waals surface area contributed by atoms with Crippen LogP contribution in [0.25, 0.3) is 0 Å². The third-order valence-electron chi connectivity index (χ3n) is 3.39. The zero-order valence-electron chi connectivity index (χ0n) is 10.6. The maximum absolute atomic E-state index is 12.0. The van der Waals surface area contributed by atoms with Crippen LogP contribution in [-0.2, 0) is 10.0 Å². The lowest BCUT2D eigenvalue weighted by molar-refractivity contribution is 0.341. The molecular formula is C11H22N2O2S2. The van der Waals surface area contributed by atoms with Crippen molar-refractivity contribution >= 4 is 27.2 Å². The minimum absolute atomic E-state index is 0.0506. The van der Waals surface area contributed by atoms with Crippen LogP contribution in [0.15, 0.2) is 0 Å². The zero-order valence-corrected chi connectivity index (χ0v) is 12.2. The van der Waals surface area contributed by atoms with Gasteiger partial charge in [-0.25, -0.2) is 12.7 Å². The molecule has 0 aromatic rings. The molecule has 6 heteroatoms. The predicted molar refractivity (Wildman–Crippen MR) is 74.3 cm³/mol. The standard InChI is InChI=1S/C11H22N2O2S2/c1-9(2)10-4-3-6-13(7-5-10)17(14,15)8-11(12)16/h9-10H,3-8H2,1-2H3,(H2,12,16). The molecule has 0 amide bonds. The summed E-state index contributed by atoms with van der Waals surface area (Å²) in [7, 11) is -3.29. The lowest BCUT2D eigenvalue weighted by Crippen LogP contribution is -2.37. The Morgan fingerprint density at radius 2 is 2.06 bits per heavy atom. The molecule has 1 unspecified atom stereocenters. The van der Waals surface area contributed by atoms with E-state index in [2.05, 4.69) is 26.1 Å². The summed E-state index contributed by atoms with van der Waals surface area (Å²) in [6, 6.07) is 0. The fourth-order valence-corrected chi connectivity index (χ4v) is 4.09. The molecule has 0 spiro atoms. The van der Waals surface area contributed by atoms with Gasteiger partial charge in [0.25, 0.3) is 0 Å². The Bertz CT molecular complexity index is 366. The van der Waals surface area contributed by atoms with E-state index >= 15 is 0 Å². The van der Waals surface area contributed by atoms with Crippen LogP contribution < -0.4 is 5.73 Å². The Kier molecular flexibility index (Phi) is 5.34. The number of hydrogen-bond donors (Lipinski definition) is 1. The fraction of sp³-hybridized carbons (Fsp3) is 0.909. The second-order valence-corrected chi connectivity index (χ2v) is 7.55. The third-order valence-corrected chi connectivity index (χ3v) is 5.55. The summed E-state index contributed by atoms with van der Waals surface area (Å²) < 4.78 is 25.5. The Morgan fingerprint density at radius 3 is 2.59 bits per heavy atom. The topological polar surface area (TPSA) is 63.4 Å². The monoisotopic (exact) mass is 278 g/mol. The van der Waals surface area contributed by atoms with Crippen LogP contribution in [0, 0.1) is 11.8 Å². The van der Waals surface area contributed by atoms with Gasteiger partial charge in [-0.3, -0.25) is 0 Å². The maximum atomic E-state index is 12.0. The molecule has 0 aliphatic carbocycles. The van der Waals surface area contributed by atoms with Gasteiger partial charge in [-0.2, -0.15) is 0 Å². The quantitative estimate of drug-likeness (QED) is 0.789. The molecule has 0 aromatic heterocycles. The highest BCUT2D eigenvalue weighted by Crippen LogP contribution is 2.25. The molecule has 1 aliphatic rings. The molecular weight excluding hydrogens is 256 g/mol. The van der Waals surface area contributed by atoms with Crippen molar-refractivity contribution in [1.29, 1.82) is 0 Å². The summed E-state index contributed by atoms with van der Waals surface area (Å²) in [5.74, 6) is 1.04. The van der Waals surface area contributed by atoms with E-state index in [-0.39, 0.29) is 10.7 Å². The molecule has 0 bridgehead atoms. The van der Waals surface area contributed by atoms with Gasteiger partial charge in [0.2, 0.25) is 10.0 Å². The lowest BCUT2D eigenvalue weighted by atomic mass is 9.89. The summed E-state index contributed by atoms with van der Waals surface area (Å²) in [6.07, 6.45) is 2.98. The Morgan fingerprint density at radius 1 is 1.41 bits per heavy atom. The molecule has 4 nitrogen and oxygen atoms in total. The molecule has 1 atom stereocenters. The molecule has 1 saturated heterocycles. The Hall–Kier alpha value is -0.200. The van der Waals surface area contributed by atoms with Gasteiger partial charge in [-0.1, -0.05) is 26.1 Å². The van der Waals surface area contributed by atoms with Crippen LogP contribution in [0.5, 0.6) is 0 Å². The van der Waals surface area contributed by atoms with Gasteiger partial charge >= 0.3 is 0 Å². The fourth-order valence-electron chi connectivity index (χ4n) is 2.31. The van der Waals surface area contributed by atoms with Gasteiger partial charge < -0.3 is 5.73 Å². The molecule has 0 saturated carbocycles. The largest absolute Gasteiger partial charge is 0.392 e. The van der Waals surface area contributed by atoms with Gasteiger partial charge in [-0.15, -0.1) is 0 Å². The molecule has 2 N–H and O–H groups in total. The molecule has 0 radical (unpaired) electrons. The first-order valence-corrected chi connectivity index (χ1v) is 8.11. The van der Waals surface area contributed by atoms with Crippen LogP contribution >= 0.6 is 12.2 Å². The van der Waals surface area contributed by atoms with Crippen LogP contribution in [0.2, 0.25) is 0 Å². The highest BCUT2D eigenvalue weighted by Gasteiger charge is 2.27. The van der Waals surface area contributed by atoms with Crippen LogP contribution in [0.3, 0.4) is 0 Å². The second kappa shape index (κ2) is 6.11. The van der Waals surface area contributed by atoms with Crippen LogP contribution in [-0.4, -0.2) is 36.6 Å². The van der Waals surface area contributed by atoms with Crippen molar-refractivity contribution in [3.8, 4) is 0 Å². The molecule has 1 aliphatic heterocycles. The Labute approximate surface area is 110 Å². The van der Waals surface area contributed by atoms with E-state index in [4.69, 9.17) is 5.73 Å². The number of hydrogen-bond acceptors (Lipinski definition) is 3. The first kappa shape index (κ1) is 14.9. The average Bonchev–Trinajstić information content (AvgIpc) is 2.40. The molecule has 100 valence electrons. The molecule has 1 fully saturated rings. The van der Waals surface area contributed by atoms with Gasteiger partial charge in [-0.05, 0) is 31.1 Å². The first-order chi connectivity index (χ1) is 7.83. The maximum Gasteiger partial charge on any atom is 0.220 e. The van der Waals surface area contributed by atoms with E-state index in [1.807, 2.05) is 0 Å². The van der Waals surface area contributed by atoms with Crippen molar-refractivity contribution in [2.24, 2.45) is 17.6 Å². The number of rotatable bonds is 4. The summed E-state index contributed by atoms with van der Waals surface area (Å²) in [5, 5.41) is 0. The average molecular weight is 278 g/mol. The smallest absolute Gasteiger partial charge is 0.220 e. The van der Waals surface area contributed by atoms with Gasteiger partial charge in [0.05, 0.1) is 4.99 Å².